The molecule has 7 nitrogen and oxygen atoms in total. The van der Waals surface area contributed by atoms with Gasteiger partial charge in [0.15, 0.2) is 0 Å². The lowest BCUT2D eigenvalue weighted by Crippen LogP contribution is -2.23. The van der Waals surface area contributed by atoms with Crippen LogP contribution in [0.5, 0.6) is 0 Å². The van der Waals surface area contributed by atoms with Gasteiger partial charge in [0.05, 0.1) is 16.0 Å². The van der Waals surface area contributed by atoms with Crippen LogP contribution in [0.4, 0.5) is 11.6 Å². The molecule has 8 heteroatoms. The van der Waals surface area contributed by atoms with Crippen molar-refractivity contribution >= 4 is 33.9 Å². The second kappa shape index (κ2) is 9.17. The van der Waals surface area contributed by atoms with Gasteiger partial charge in [-0.15, -0.1) is 11.3 Å². The third-order valence-electron chi connectivity index (χ3n) is 5.44. The van der Waals surface area contributed by atoms with Crippen molar-refractivity contribution < 1.29 is 0 Å². The summed E-state index contributed by atoms with van der Waals surface area (Å²) in [5, 5.41) is 10.4. The van der Waals surface area contributed by atoms with Crippen LogP contribution in [-0.2, 0) is 6.54 Å². The summed E-state index contributed by atoms with van der Waals surface area (Å²) >= 11 is 1.56. The number of hydrogen-bond acceptors (Lipinski definition) is 7. The monoisotopic (exact) mass is 468 g/mol. The highest BCUT2D eigenvalue weighted by Crippen LogP contribution is 2.29. The van der Waals surface area contributed by atoms with Crippen LogP contribution in [0.2, 0.25) is 0 Å². The maximum absolute atomic E-state index is 13.4. The van der Waals surface area contributed by atoms with Gasteiger partial charge in [-0.1, -0.05) is 36.4 Å². The van der Waals surface area contributed by atoms with Gasteiger partial charge in [-0.05, 0) is 61.8 Å². The van der Waals surface area contributed by atoms with Gasteiger partial charge in [0, 0.05) is 18.4 Å². The third-order valence-corrected chi connectivity index (χ3v) is 6.32. The summed E-state index contributed by atoms with van der Waals surface area (Å²) in [6, 6.07) is 19.8. The average molecular weight is 469 g/mol. The Morgan fingerprint density at radius 1 is 1.03 bits per heavy atom. The molecule has 0 aliphatic carbocycles. The van der Waals surface area contributed by atoms with E-state index in [1.165, 1.54) is 10.2 Å². The number of hydrogen-bond donors (Lipinski definition) is 1. The van der Waals surface area contributed by atoms with Crippen LogP contribution in [0.25, 0.3) is 27.2 Å². The Balaban J connectivity index is 1.60. The van der Waals surface area contributed by atoms with Crippen molar-refractivity contribution in [3.8, 4) is 16.3 Å². The van der Waals surface area contributed by atoms with Crippen LogP contribution >= 0.6 is 11.3 Å². The molecule has 5 rings (SSSR count). The Morgan fingerprint density at radius 2 is 1.82 bits per heavy atom. The minimum atomic E-state index is -0.246. The summed E-state index contributed by atoms with van der Waals surface area (Å²) in [6.45, 7) is 2.83. The molecule has 0 aliphatic heterocycles. The van der Waals surface area contributed by atoms with E-state index in [1.807, 2.05) is 74.9 Å². The molecular formula is C26H24N6OS. The van der Waals surface area contributed by atoms with Gasteiger partial charge >= 0.3 is 0 Å². The fourth-order valence-electron chi connectivity index (χ4n) is 3.82. The molecule has 0 atom stereocenters. The zero-order valence-corrected chi connectivity index (χ0v) is 20.0. The predicted molar refractivity (Wildman–Crippen MR) is 138 cm³/mol. The summed E-state index contributed by atoms with van der Waals surface area (Å²) in [5.41, 5.74) is 4.73. The van der Waals surface area contributed by atoms with Crippen LogP contribution in [0, 0.1) is 6.92 Å². The van der Waals surface area contributed by atoms with Crippen molar-refractivity contribution in [1.29, 1.82) is 0 Å². The molecule has 0 aliphatic rings. The van der Waals surface area contributed by atoms with Crippen LogP contribution in [0.1, 0.15) is 11.1 Å². The number of aromatic nitrogens is 4. The lowest BCUT2D eigenvalue weighted by molar-refractivity contribution is 0.402. The molecule has 34 heavy (non-hydrogen) atoms. The topological polar surface area (TPSA) is 75.9 Å². The van der Waals surface area contributed by atoms with Crippen molar-refractivity contribution in [1.82, 2.24) is 24.6 Å². The Kier molecular flexibility index (Phi) is 5.91. The van der Waals surface area contributed by atoms with Crippen molar-refractivity contribution in [2.24, 2.45) is 0 Å². The van der Waals surface area contributed by atoms with Crippen LogP contribution < -0.4 is 10.9 Å². The summed E-state index contributed by atoms with van der Waals surface area (Å²) in [4.78, 5) is 25.6. The zero-order chi connectivity index (χ0) is 23.7. The Labute approximate surface area is 201 Å². The number of aryl methyl sites for hydroxylation is 1. The molecule has 0 unspecified atom stereocenters. The number of para-hydroxylation sites is 1. The molecule has 0 fully saturated rings. The highest BCUT2D eigenvalue weighted by atomic mass is 32.1. The normalized spacial score (nSPS) is 11.3. The van der Waals surface area contributed by atoms with Crippen LogP contribution in [0.3, 0.4) is 0 Å². The SMILES string of the molecule is Cc1ccccc1-n1nc(-c2cccs2)c2nc(Nc3ccc(CN(C)C)cc3)ncc2c1=O. The van der Waals surface area contributed by atoms with Gasteiger partial charge in [0.2, 0.25) is 5.95 Å². The minimum absolute atomic E-state index is 0.246. The van der Waals surface area contributed by atoms with E-state index in [0.717, 1.165) is 28.4 Å². The van der Waals surface area contributed by atoms with Gasteiger partial charge < -0.3 is 10.2 Å². The first-order valence-electron chi connectivity index (χ1n) is 10.9. The first-order chi connectivity index (χ1) is 16.5. The number of thiophene rings is 1. The molecule has 0 bridgehead atoms. The quantitative estimate of drug-likeness (QED) is 0.377. The van der Waals surface area contributed by atoms with E-state index in [1.54, 1.807) is 17.5 Å². The van der Waals surface area contributed by atoms with Gasteiger partial charge in [-0.3, -0.25) is 4.79 Å². The van der Waals surface area contributed by atoms with Gasteiger partial charge in [0.25, 0.3) is 5.56 Å². The van der Waals surface area contributed by atoms with Gasteiger partial charge in [-0.2, -0.15) is 9.78 Å². The minimum Gasteiger partial charge on any atom is -0.324 e. The number of fused-ring (bicyclic) bond motifs is 1. The van der Waals surface area contributed by atoms with Crippen LogP contribution in [0.15, 0.2) is 77.0 Å². The number of benzene rings is 2. The molecule has 3 heterocycles. The third kappa shape index (κ3) is 4.33. The van der Waals surface area contributed by atoms with Crippen molar-refractivity contribution in [2.75, 3.05) is 19.4 Å². The molecule has 0 spiro atoms. The lowest BCUT2D eigenvalue weighted by Gasteiger charge is -2.13. The second-order valence-electron chi connectivity index (χ2n) is 8.34. The van der Waals surface area contributed by atoms with E-state index in [4.69, 9.17) is 10.1 Å². The first kappa shape index (κ1) is 21.9. The number of anilines is 2. The summed E-state index contributed by atoms with van der Waals surface area (Å²) in [6.07, 6.45) is 1.58. The molecule has 0 saturated heterocycles. The zero-order valence-electron chi connectivity index (χ0n) is 19.2. The van der Waals surface area contributed by atoms with E-state index < -0.39 is 0 Å². The molecular weight excluding hydrogens is 444 g/mol. The van der Waals surface area contributed by atoms with Gasteiger partial charge in [-0.25, -0.2) is 9.97 Å². The first-order valence-corrected chi connectivity index (χ1v) is 11.8. The Bertz CT molecular complexity index is 1510. The van der Waals surface area contributed by atoms with Crippen molar-refractivity contribution in [2.45, 2.75) is 13.5 Å². The maximum Gasteiger partial charge on any atom is 0.282 e. The van der Waals surface area contributed by atoms with Crippen molar-refractivity contribution in [3.05, 3.63) is 93.7 Å². The molecule has 0 amide bonds. The molecule has 5 aromatic rings. The molecule has 170 valence electrons. The predicted octanol–water partition coefficient (Wildman–Crippen LogP) is 5.02. The van der Waals surface area contributed by atoms with E-state index in [9.17, 15) is 4.79 Å². The van der Waals surface area contributed by atoms with Gasteiger partial charge in [0.1, 0.15) is 11.2 Å². The smallest absolute Gasteiger partial charge is 0.282 e. The lowest BCUT2D eigenvalue weighted by atomic mass is 10.2. The number of nitrogens with one attached hydrogen (secondary N) is 1. The molecule has 1 N–H and O–H groups in total. The largest absolute Gasteiger partial charge is 0.324 e. The van der Waals surface area contributed by atoms with Crippen LogP contribution in [-0.4, -0.2) is 38.7 Å². The maximum atomic E-state index is 13.4. The van der Waals surface area contributed by atoms with E-state index in [2.05, 4.69) is 27.3 Å². The summed E-state index contributed by atoms with van der Waals surface area (Å²) < 4.78 is 1.45. The van der Waals surface area contributed by atoms with E-state index >= 15 is 0 Å². The second-order valence-corrected chi connectivity index (χ2v) is 9.29. The molecule has 2 aromatic carbocycles. The standard InChI is InChI=1S/C26H24N6OS/c1-17-7-4-5-8-21(17)32-25(33)20-15-27-26(28-19-12-10-18(11-13-19)16-31(2)3)29-23(20)24(30-32)22-9-6-14-34-22/h4-15H,16H2,1-3H3,(H,27,28,29). The fraction of sp³-hybridized carbons (Fsp3) is 0.154. The summed E-state index contributed by atoms with van der Waals surface area (Å²) in [5.74, 6) is 0.417. The molecule has 0 saturated carbocycles. The highest BCUT2D eigenvalue weighted by Gasteiger charge is 2.17. The number of nitrogens with zero attached hydrogens (tertiary/aromatic N) is 5. The highest BCUT2D eigenvalue weighted by molar-refractivity contribution is 7.13. The molecule has 3 aromatic heterocycles. The number of rotatable bonds is 6. The van der Waals surface area contributed by atoms with E-state index in [0.29, 0.717) is 22.5 Å². The fourth-order valence-corrected chi connectivity index (χ4v) is 4.53. The Hall–Kier alpha value is -3.88. The average Bonchev–Trinajstić information content (AvgIpc) is 3.36. The molecule has 0 radical (unpaired) electrons. The van der Waals surface area contributed by atoms with Crippen molar-refractivity contribution in [3.63, 3.8) is 0 Å². The van der Waals surface area contributed by atoms with E-state index in [-0.39, 0.29) is 5.56 Å². The summed E-state index contributed by atoms with van der Waals surface area (Å²) in [7, 11) is 4.09. The Morgan fingerprint density at radius 3 is 2.53 bits per heavy atom.